The molecule has 0 spiro atoms. The predicted octanol–water partition coefficient (Wildman–Crippen LogP) is 3.42. The molecule has 3 unspecified atom stereocenters. The van der Waals surface area contributed by atoms with Crippen LogP contribution in [0.3, 0.4) is 0 Å². The summed E-state index contributed by atoms with van der Waals surface area (Å²) in [7, 11) is 1.62. The highest BCUT2D eigenvalue weighted by molar-refractivity contribution is 8.31. The van der Waals surface area contributed by atoms with Crippen LogP contribution >= 0.6 is 10.9 Å². The summed E-state index contributed by atoms with van der Waals surface area (Å²) < 4.78 is 25.3. The number of thiol groups is 1. The number of carbonyl (C=O) groups is 3. The summed E-state index contributed by atoms with van der Waals surface area (Å²) in [4.78, 5) is 40.9. The average Bonchev–Trinajstić information content (AvgIpc) is 2.99. The van der Waals surface area contributed by atoms with Crippen molar-refractivity contribution in [1.29, 1.82) is 5.26 Å². The van der Waals surface area contributed by atoms with Gasteiger partial charge in [0, 0.05) is 29.7 Å². The topological polar surface area (TPSA) is 96.7 Å². The van der Waals surface area contributed by atoms with Crippen molar-refractivity contribution in [2.24, 2.45) is 11.8 Å². The van der Waals surface area contributed by atoms with E-state index < -0.39 is 39.9 Å². The third-order valence-corrected chi connectivity index (χ3v) is 8.94. The Morgan fingerprint density at radius 3 is 2.55 bits per heavy atom. The third-order valence-electron chi connectivity index (χ3n) is 6.18. The van der Waals surface area contributed by atoms with Crippen molar-refractivity contribution in [3.8, 4) is 11.8 Å². The van der Waals surface area contributed by atoms with Gasteiger partial charge in [-0.05, 0) is 39.0 Å². The Morgan fingerprint density at radius 1 is 1.30 bits per heavy atom. The molecule has 7 nitrogen and oxygen atoms in total. The van der Waals surface area contributed by atoms with Crippen LogP contribution < -0.4 is 4.74 Å². The number of halogens is 1. The number of hydrogen-bond donors (Lipinski definition) is 1. The number of ketones is 1. The predicted molar refractivity (Wildman–Crippen MR) is 126 cm³/mol. The molecule has 1 saturated heterocycles. The van der Waals surface area contributed by atoms with Crippen LogP contribution in [0.1, 0.15) is 45.8 Å². The largest absolute Gasteiger partial charge is 0.496 e. The number of rotatable bonds is 10. The smallest absolute Gasteiger partial charge is 0.226 e. The molecule has 1 heterocycles. The Hall–Kier alpha value is -2.44. The normalized spacial score (nSPS) is 23.3. The van der Waals surface area contributed by atoms with Gasteiger partial charge in [-0.2, -0.15) is 16.2 Å². The Morgan fingerprint density at radius 2 is 1.97 bits per heavy atom. The van der Waals surface area contributed by atoms with Crippen LogP contribution in [0.5, 0.6) is 5.75 Å². The van der Waals surface area contributed by atoms with Crippen LogP contribution in [0.2, 0.25) is 0 Å². The number of Topliss-reactive ketones (excluding diaryl/α,β-unsaturated/α-hetero) is 1. The summed E-state index contributed by atoms with van der Waals surface area (Å²) >= 11 is 0. The average molecular weight is 481 g/mol. The molecule has 9 heteroatoms. The van der Waals surface area contributed by atoms with Gasteiger partial charge in [-0.25, -0.2) is 4.39 Å². The molecule has 0 bridgehead atoms. The van der Waals surface area contributed by atoms with E-state index in [1.165, 1.54) is 25.3 Å². The fourth-order valence-corrected chi connectivity index (χ4v) is 6.67. The zero-order valence-corrected chi connectivity index (χ0v) is 20.9. The zero-order chi connectivity index (χ0) is 24.9. The highest BCUT2D eigenvalue weighted by atomic mass is 32.2. The summed E-state index contributed by atoms with van der Waals surface area (Å²) in [5.41, 5.74) is 0.428. The number of nitriles is 1. The maximum Gasteiger partial charge on any atom is 0.226 e. The van der Waals surface area contributed by atoms with Gasteiger partial charge >= 0.3 is 0 Å². The first-order valence-electron chi connectivity index (χ1n) is 11.0. The van der Waals surface area contributed by atoms with E-state index in [0.29, 0.717) is 11.3 Å². The van der Waals surface area contributed by atoms with Crippen LogP contribution in [-0.2, 0) is 19.1 Å². The van der Waals surface area contributed by atoms with Crippen LogP contribution in [0.4, 0.5) is 4.39 Å². The molecule has 33 heavy (non-hydrogen) atoms. The van der Waals surface area contributed by atoms with Crippen molar-refractivity contribution >= 4 is 27.7 Å². The molecule has 1 aliphatic rings. The molecule has 0 saturated carbocycles. The van der Waals surface area contributed by atoms with E-state index in [2.05, 4.69) is 0 Å². The fourth-order valence-electron chi connectivity index (χ4n) is 3.95. The van der Waals surface area contributed by atoms with E-state index in [9.17, 15) is 18.8 Å². The SMILES string of the molecule is COc1ccc(F)cc1[C@H](C[SH]1C(=O)C([C@@H](C)C(=O)N(C)C(C)C)C(=O)C1C)OCCC#N. The van der Waals surface area contributed by atoms with Gasteiger partial charge in [-0.15, -0.1) is 0 Å². The molecule has 1 aromatic carbocycles. The highest BCUT2D eigenvalue weighted by Gasteiger charge is 2.50. The number of methoxy groups -OCH3 is 1. The molecule has 0 radical (unpaired) electrons. The second-order valence-electron chi connectivity index (χ2n) is 8.53. The van der Waals surface area contributed by atoms with Crippen molar-refractivity contribution in [1.82, 2.24) is 4.90 Å². The van der Waals surface area contributed by atoms with Gasteiger partial charge in [0.25, 0.3) is 0 Å². The van der Waals surface area contributed by atoms with Gasteiger partial charge in [0.2, 0.25) is 5.91 Å². The molecule has 0 aromatic heterocycles. The van der Waals surface area contributed by atoms with Gasteiger partial charge in [-0.3, -0.25) is 14.4 Å². The summed E-state index contributed by atoms with van der Waals surface area (Å²) in [6, 6.07) is 5.98. The minimum absolute atomic E-state index is 0.0520. The molecule has 0 aliphatic carbocycles. The second-order valence-corrected chi connectivity index (χ2v) is 11.1. The molecule has 1 amide bonds. The van der Waals surface area contributed by atoms with Crippen LogP contribution in [-0.4, -0.2) is 59.5 Å². The zero-order valence-electron chi connectivity index (χ0n) is 20.0. The van der Waals surface area contributed by atoms with E-state index in [4.69, 9.17) is 14.7 Å². The maximum absolute atomic E-state index is 14.0. The Bertz CT molecular complexity index is 932. The Balaban J connectivity index is 2.34. The summed E-state index contributed by atoms with van der Waals surface area (Å²) in [5, 5.41) is 8.11. The lowest BCUT2D eigenvalue weighted by Crippen LogP contribution is -2.42. The number of nitrogens with zero attached hydrogens (tertiary/aromatic N) is 2. The van der Waals surface area contributed by atoms with Crippen molar-refractivity contribution in [2.75, 3.05) is 26.5 Å². The van der Waals surface area contributed by atoms with Crippen LogP contribution in [0.25, 0.3) is 0 Å². The number of hydrogen-bond acceptors (Lipinski definition) is 6. The standard InChI is InChI=1S/C24H33FN2O5S/c1-14(2)27(5)23(29)15(3)21-22(28)16(4)33(24(21)30)13-20(32-11-7-10-26)18-12-17(25)8-9-19(18)31-6/h8-9,12,14-16,20-21,33H,7,11,13H2,1-6H3/t15-,16?,20+,21?/m1/s1. The summed E-state index contributed by atoms with van der Waals surface area (Å²) in [6.07, 6.45) is -0.595. The lowest BCUT2D eigenvalue weighted by molar-refractivity contribution is -0.142. The van der Waals surface area contributed by atoms with Gasteiger partial charge in [-0.1, -0.05) is 6.92 Å². The molecule has 1 aliphatic heterocycles. The number of benzene rings is 1. The number of ether oxygens (including phenoxy) is 2. The fraction of sp³-hybridized carbons (Fsp3) is 0.583. The Labute approximate surface area is 197 Å². The minimum Gasteiger partial charge on any atom is -0.496 e. The van der Waals surface area contributed by atoms with E-state index in [-0.39, 0.29) is 41.6 Å². The van der Waals surface area contributed by atoms with E-state index >= 15 is 0 Å². The first kappa shape index (κ1) is 26.8. The Kier molecular flexibility index (Phi) is 9.44. The lowest BCUT2D eigenvalue weighted by Gasteiger charge is -2.28. The molecule has 0 N–H and O–H groups in total. The monoisotopic (exact) mass is 480 g/mol. The van der Waals surface area contributed by atoms with Crippen LogP contribution in [0, 0.1) is 29.0 Å². The molecule has 1 aromatic rings. The molecule has 2 rings (SSSR count). The number of carbonyl (C=O) groups excluding carboxylic acids is 3. The molecule has 5 atom stereocenters. The second kappa shape index (κ2) is 11.6. The maximum atomic E-state index is 14.0. The molecular weight excluding hydrogens is 447 g/mol. The van der Waals surface area contributed by atoms with E-state index in [1.807, 2.05) is 19.9 Å². The van der Waals surface area contributed by atoms with Gasteiger partial charge in [0.05, 0.1) is 44.1 Å². The van der Waals surface area contributed by atoms with Crippen molar-refractivity contribution < 1.29 is 28.2 Å². The van der Waals surface area contributed by atoms with E-state index in [1.54, 1.807) is 25.8 Å². The summed E-state index contributed by atoms with van der Waals surface area (Å²) in [5.74, 6) is -2.12. The van der Waals surface area contributed by atoms with Crippen molar-refractivity contribution in [3.05, 3.63) is 29.6 Å². The highest BCUT2D eigenvalue weighted by Crippen LogP contribution is 2.49. The summed E-state index contributed by atoms with van der Waals surface area (Å²) in [6.45, 7) is 7.17. The minimum atomic E-state index is -1.49. The van der Waals surface area contributed by atoms with Crippen LogP contribution in [0.15, 0.2) is 18.2 Å². The number of amides is 1. The first-order valence-corrected chi connectivity index (χ1v) is 12.6. The van der Waals surface area contributed by atoms with Crippen molar-refractivity contribution in [2.45, 2.75) is 51.5 Å². The quantitative estimate of drug-likeness (QED) is 0.313. The molecule has 182 valence electrons. The van der Waals surface area contributed by atoms with Crippen molar-refractivity contribution in [3.63, 3.8) is 0 Å². The third kappa shape index (κ3) is 5.92. The lowest BCUT2D eigenvalue weighted by atomic mass is 9.89. The first-order chi connectivity index (χ1) is 15.5. The van der Waals surface area contributed by atoms with Gasteiger partial charge < -0.3 is 14.4 Å². The molecular formula is C24H33FN2O5S. The molecule has 1 fully saturated rings. The van der Waals surface area contributed by atoms with Gasteiger partial charge in [0.15, 0.2) is 10.9 Å². The van der Waals surface area contributed by atoms with Gasteiger partial charge in [0.1, 0.15) is 11.6 Å². The van der Waals surface area contributed by atoms with E-state index in [0.717, 1.165) is 0 Å².